The highest BCUT2D eigenvalue weighted by molar-refractivity contribution is 5.74. The van der Waals surface area contributed by atoms with Gasteiger partial charge in [-0.3, -0.25) is 4.79 Å². The third-order valence-electron chi connectivity index (χ3n) is 2.24. The summed E-state index contributed by atoms with van der Waals surface area (Å²) in [5.41, 5.74) is 1.33. The molecule has 15 heavy (non-hydrogen) atoms. The molecule has 5 heteroatoms. The number of nitrogens with zero attached hydrogens (tertiary/aromatic N) is 2. The third kappa shape index (κ3) is 1.56. The summed E-state index contributed by atoms with van der Waals surface area (Å²) >= 11 is 0. The van der Waals surface area contributed by atoms with E-state index in [4.69, 9.17) is 5.11 Å². The molecule has 0 unspecified atom stereocenters. The molecule has 0 aliphatic rings. The van der Waals surface area contributed by atoms with Crippen LogP contribution in [0.15, 0.2) is 17.1 Å². The maximum atomic E-state index is 11.2. The van der Waals surface area contributed by atoms with Crippen LogP contribution in [-0.2, 0) is 0 Å². The van der Waals surface area contributed by atoms with E-state index in [1.165, 1.54) is 0 Å². The van der Waals surface area contributed by atoms with Crippen molar-refractivity contribution < 1.29 is 5.11 Å². The molecule has 0 amide bonds. The average Bonchev–Trinajstić information content (AvgIpc) is 2.18. The zero-order valence-electron chi connectivity index (χ0n) is 8.48. The van der Waals surface area contributed by atoms with Crippen LogP contribution >= 0.6 is 0 Å². The normalized spacial score (nSPS) is 11.1. The lowest BCUT2D eigenvalue weighted by Gasteiger charge is -2.07. The standard InChI is InChI=1S/C10H11N3O2/c1-5(2)6-3-4-11-8-7(6)12-9(14)10(15)13-8/h3-5H,1-2H3,(H,12,14)(H,11,13,15). The van der Waals surface area contributed by atoms with Gasteiger partial charge in [-0.1, -0.05) is 13.8 Å². The smallest absolute Gasteiger partial charge is 0.311 e. The van der Waals surface area contributed by atoms with Gasteiger partial charge < -0.3 is 10.1 Å². The van der Waals surface area contributed by atoms with Crippen molar-refractivity contribution in [3.05, 3.63) is 28.2 Å². The van der Waals surface area contributed by atoms with Gasteiger partial charge in [0.2, 0.25) is 0 Å². The van der Waals surface area contributed by atoms with E-state index >= 15 is 0 Å². The second kappa shape index (κ2) is 3.34. The summed E-state index contributed by atoms with van der Waals surface area (Å²) < 4.78 is 0. The van der Waals surface area contributed by atoms with E-state index in [9.17, 15) is 4.79 Å². The molecular weight excluding hydrogens is 194 g/mol. The Morgan fingerprint density at radius 3 is 2.87 bits per heavy atom. The molecule has 0 aliphatic carbocycles. The summed E-state index contributed by atoms with van der Waals surface area (Å²) in [7, 11) is 0. The number of aromatic amines is 1. The zero-order valence-corrected chi connectivity index (χ0v) is 8.48. The number of nitrogens with one attached hydrogen (secondary N) is 1. The second-order valence-corrected chi connectivity index (χ2v) is 3.64. The van der Waals surface area contributed by atoms with Crippen LogP contribution in [0.3, 0.4) is 0 Å². The quantitative estimate of drug-likeness (QED) is 0.731. The van der Waals surface area contributed by atoms with Gasteiger partial charge in [0.1, 0.15) is 0 Å². The summed E-state index contributed by atoms with van der Waals surface area (Å²) in [6.07, 6.45) is 1.61. The minimum absolute atomic E-state index is 0.262. The molecule has 2 aromatic heterocycles. The first-order valence-electron chi connectivity index (χ1n) is 4.67. The number of H-pyrrole nitrogens is 1. The van der Waals surface area contributed by atoms with E-state index in [0.717, 1.165) is 5.56 Å². The van der Waals surface area contributed by atoms with E-state index in [2.05, 4.69) is 15.0 Å². The Morgan fingerprint density at radius 1 is 1.47 bits per heavy atom. The molecule has 2 heterocycles. The van der Waals surface area contributed by atoms with Crippen molar-refractivity contribution in [2.45, 2.75) is 19.8 Å². The van der Waals surface area contributed by atoms with E-state index in [-0.39, 0.29) is 5.92 Å². The first-order chi connectivity index (χ1) is 7.09. The van der Waals surface area contributed by atoms with Gasteiger partial charge in [-0.15, -0.1) is 0 Å². The molecule has 2 N–H and O–H groups in total. The molecule has 0 bridgehead atoms. The molecule has 0 saturated carbocycles. The van der Waals surface area contributed by atoms with Crippen molar-refractivity contribution in [1.82, 2.24) is 15.0 Å². The Kier molecular flexibility index (Phi) is 2.15. The molecule has 0 aliphatic heterocycles. The molecule has 0 radical (unpaired) electrons. The van der Waals surface area contributed by atoms with Gasteiger partial charge in [0.05, 0.1) is 5.52 Å². The van der Waals surface area contributed by atoms with E-state index in [1.54, 1.807) is 6.20 Å². The summed E-state index contributed by atoms with van der Waals surface area (Å²) in [5, 5.41) is 9.15. The fourth-order valence-corrected chi connectivity index (χ4v) is 1.48. The van der Waals surface area contributed by atoms with E-state index in [0.29, 0.717) is 11.2 Å². The maximum absolute atomic E-state index is 11.2. The Morgan fingerprint density at radius 2 is 2.20 bits per heavy atom. The Bertz CT molecular complexity index is 560. The number of aromatic nitrogens is 3. The number of hydrogen-bond donors (Lipinski definition) is 2. The van der Waals surface area contributed by atoms with Gasteiger partial charge in [-0.05, 0) is 17.5 Å². The average molecular weight is 205 g/mol. The topological polar surface area (TPSA) is 78.9 Å². The van der Waals surface area contributed by atoms with Crippen molar-refractivity contribution in [2.24, 2.45) is 0 Å². The molecule has 2 rings (SSSR count). The van der Waals surface area contributed by atoms with Gasteiger partial charge in [-0.2, -0.15) is 4.98 Å². The van der Waals surface area contributed by atoms with Gasteiger partial charge in [-0.25, -0.2) is 4.98 Å². The van der Waals surface area contributed by atoms with E-state index in [1.807, 2.05) is 19.9 Å². The highest BCUT2D eigenvalue weighted by atomic mass is 16.3. The van der Waals surface area contributed by atoms with Crippen LogP contribution in [0.5, 0.6) is 5.88 Å². The Labute approximate surface area is 85.8 Å². The van der Waals surface area contributed by atoms with Crippen LogP contribution in [0.25, 0.3) is 11.2 Å². The van der Waals surface area contributed by atoms with Crippen LogP contribution in [-0.4, -0.2) is 20.1 Å². The van der Waals surface area contributed by atoms with Crippen LogP contribution in [0.4, 0.5) is 0 Å². The molecule has 0 spiro atoms. The first-order valence-corrected chi connectivity index (χ1v) is 4.67. The lowest BCUT2D eigenvalue weighted by atomic mass is 10.0. The fraction of sp³-hybridized carbons (Fsp3) is 0.300. The highest BCUT2D eigenvalue weighted by Crippen LogP contribution is 2.20. The van der Waals surface area contributed by atoms with Crippen molar-refractivity contribution in [1.29, 1.82) is 0 Å². The number of aromatic hydroxyl groups is 1. The van der Waals surface area contributed by atoms with Gasteiger partial charge in [0.25, 0.3) is 5.88 Å². The minimum atomic E-state index is -0.586. The van der Waals surface area contributed by atoms with Crippen LogP contribution < -0.4 is 5.56 Å². The van der Waals surface area contributed by atoms with Gasteiger partial charge >= 0.3 is 5.56 Å². The minimum Gasteiger partial charge on any atom is -0.489 e. The molecule has 78 valence electrons. The molecule has 2 aromatic rings. The lowest BCUT2D eigenvalue weighted by Crippen LogP contribution is -2.09. The largest absolute Gasteiger partial charge is 0.489 e. The summed E-state index contributed by atoms with van der Waals surface area (Å²) in [6, 6.07) is 1.83. The SMILES string of the molecule is CC(C)c1ccnc2nc(O)c(=O)[nH]c12. The third-order valence-corrected chi connectivity index (χ3v) is 2.24. The van der Waals surface area contributed by atoms with E-state index < -0.39 is 11.4 Å². The van der Waals surface area contributed by atoms with Crippen LogP contribution in [0.2, 0.25) is 0 Å². The zero-order chi connectivity index (χ0) is 11.0. The fourth-order valence-electron chi connectivity index (χ4n) is 1.48. The highest BCUT2D eigenvalue weighted by Gasteiger charge is 2.09. The molecular formula is C10H11N3O2. The molecule has 0 aromatic carbocycles. The number of fused-ring (bicyclic) bond motifs is 1. The first kappa shape index (κ1) is 9.64. The predicted molar refractivity (Wildman–Crippen MR) is 55.9 cm³/mol. The summed E-state index contributed by atoms with van der Waals surface area (Å²) in [6.45, 7) is 4.03. The summed E-state index contributed by atoms with van der Waals surface area (Å²) in [5.74, 6) is -0.284. The Hall–Kier alpha value is -1.91. The Balaban J connectivity index is 2.86. The number of hydrogen-bond acceptors (Lipinski definition) is 4. The van der Waals surface area contributed by atoms with Crippen LogP contribution in [0, 0.1) is 0 Å². The predicted octanol–water partition coefficient (Wildman–Crippen LogP) is 1.15. The van der Waals surface area contributed by atoms with Crippen molar-refractivity contribution >= 4 is 11.2 Å². The number of pyridine rings is 1. The molecule has 5 nitrogen and oxygen atoms in total. The number of rotatable bonds is 1. The van der Waals surface area contributed by atoms with Crippen molar-refractivity contribution in [2.75, 3.05) is 0 Å². The van der Waals surface area contributed by atoms with Crippen molar-refractivity contribution in [3.8, 4) is 5.88 Å². The van der Waals surface area contributed by atoms with Crippen LogP contribution in [0.1, 0.15) is 25.3 Å². The molecule has 0 atom stereocenters. The molecule has 0 fully saturated rings. The summed E-state index contributed by atoms with van der Waals surface area (Å²) in [4.78, 5) is 21.5. The lowest BCUT2D eigenvalue weighted by molar-refractivity contribution is 0.446. The monoisotopic (exact) mass is 205 g/mol. The van der Waals surface area contributed by atoms with Gasteiger partial charge in [0, 0.05) is 6.20 Å². The van der Waals surface area contributed by atoms with Crippen molar-refractivity contribution in [3.63, 3.8) is 0 Å². The second-order valence-electron chi connectivity index (χ2n) is 3.64. The van der Waals surface area contributed by atoms with Gasteiger partial charge in [0.15, 0.2) is 5.65 Å². The maximum Gasteiger partial charge on any atom is 0.311 e. The molecule has 0 saturated heterocycles.